The fourth-order valence-corrected chi connectivity index (χ4v) is 3.01. The molecule has 0 radical (unpaired) electrons. The van der Waals surface area contributed by atoms with Crippen molar-refractivity contribution >= 4 is 43.9 Å². The minimum Gasteiger partial charge on any atom is -0.286 e. The van der Waals surface area contributed by atoms with Gasteiger partial charge < -0.3 is 0 Å². The molecule has 196 valence electrons. The Balaban J connectivity index is 0.000000250. The van der Waals surface area contributed by atoms with Crippen LogP contribution in [0.1, 0.15) is 40.0 Å². The lowest BCUT2D eigenvalue weighted by Crippen LogP contribution is -2.36. The van der Waals surface area contributed by atoms with Crippen LogP contribution in [0, 0.1) is 0 Å². The van der Waals surface area contributed by atoms with E-state index in [0.29, 0.717) is 12.7 Å². The number of hydrogen-bond acceptors (Lipinski definition) is 10. The Bertz CT molecular complexity index is 1270. The van der Waals surface area contributed by atoms with Crippen LogP contribution in [-0.2, 0) is 29.8 Å². The largest absolute Gasteiger partial charge is 0.294 e. The molecule has 0 aliphatic carbocycles. The van der Waals surface area contributed by atoms with E-state index >= 15 is 0 Å². The topological polar surface area (TPSA) is 224 Å². The molecule has 0 saturated carbocycles. The number of hydrogen-bond donors (Lipinski definition) is 4. The molecule has 0 unspecified atom stereocenters. The fraction of sp³-hybridized carbons (Fsp3) is 0.200. The molecule has 1 fully saturated rings. The first-order valence-corrected chi connectivity index (χ1v) is 13.0. The highest BCUT2D eigenvalue weighted by Crippen LogP contribution is 2.20. The Kier molecular flexibility index (Phi) is 11.0. The Morgan fingerprint density at radius 2 is 1.03 bits per heavy atom. The maximum atomic E-state index is 11.1. The number of carbonyl (C=O) groups excluding carboxylic acids is 4. The van der Waals surface area contributed by atoms with E-state index in [-0.39, 0.29) is 39.0 Å². The summed E-state index contributed by atoms with van der Waals surface area (Å²) in [5, 5.41) is 17.8. The van der Waals surface area contributed by atoms with E-state index in [2.05, 4.69) is 0 Å². The number of carbonyl (C=O) groups is 4. The first-order chi connectivity index (χ1) is 16.5. The van der Waals surface area contributed by atoms with Gasteiger partial charge in [-0.05, 0) is 30.7 Å². The second-order valence-corrected chi connectivity index (χ2v) is 9.83. The minimum atomic E-state index is -4.00. The molecule has 4 amide bonds. The highest BCUT2D eigenvalue weighted by molar-refractivity contribution is 7.85. The van der Waals surface area contributed by atoms with Crippen molar-refractivity contribution in [2.24, 2.45) is 0 Å². The van der Waals surface area contributed by atoms with Gasteiger partial charge in [0, 0.05) is 12.8 Å². The summed E-state index contributed by atoms with van der Waals surface area (Å²) >= 11 is 0. The molecule has 2 aliphatic rings. The molecule has 0 atom stereocenters. The summed E-state index contributed by atoms with van der Waals surface area (Å²) in [5.41, 5.74) is 0.509. The van der Waals surface area contributed by atoms with Gasteiger partial charge in [0.1, 0.15) is 0 Å². The highest BCUT2D eigenvalue weighted by Gasteiger charge is 2.34. The quantitative estimate of drug-likeness (QED) is 0.223. The van der Waals surface area contributed by atoms with Crippen LogP contribution in [0.25, 0.3) is 0 Å². The van der Waals surface area contributed by atoms with E-state index in [1.54, 1.807) is 30.3 Å². The van der Waals surface area contributed by atoms with Crippen molar-refractivity contribution in [2.75, 3.05) is 6.26 Å². The van der Waals surface area contributed by atoms with Gasteiger partial charge in [0.2, 0.25) is 0 Å². The van der Waals surface area contributed by atoms with Crippen LogP contribution in [0.3, 0.4) is 0 Å². The van der Waals surface area contributed by atoms with Gasteiger partial charge in [-0.25, -0.2) is 0 Å². The molecule has 2 aromatic carbocycles. The zero-order chi connectivity index (χ0) is 27.7. The molecule has 16 heteroatoms. The average molecular weight is 547 g/mol. The predicted octanol–water partition coefficient (Wildman–Crippen LogP) is 1.02. The standard InChI is InChI=1S/C8H5NO3.C6H6O3S.C5H7NO3.CH4O3S/c10-7-5-3-1-2-4-6(5)8(11)9(7)12;7-10(8,9)6-4-2-1-3-5-6;7-4-2-1-3-5(8)6(4)9;1-5(2,3)4/h1-4,12H;1-5H,(H,7,8,9);9H,1-3H2;1H3,(H,2,3,4). The van der Waals surface area contributed by atoms with Gasteiger partial charge >= 0.3 is 0 Å². The summed E-state index contributed by atoms with van der Waals surface area (Å²) in [6.45, 7) is 0. The molecule has 14 nitrogen and oxygen atoms in total. The molecule has 0 spiro atoms. The average Bonchev–Trinajstić information content (AvgIpc) is 3.02. The number of piperidine rings is 1. The van der Waals surface area contributed by atoms with Crippen molar-refractivity contribution in [3.05, 3.63) is 65.7 Å². The van der Waals surface area contributed by atoms with E-state index in [4.69, 9.17) is 19.5 Å². The Morgan fingerprint density at radius 3 is 1.33 bits per heavy atom. The van der Waals surface area contributed by atoms with Gasteiger partial charge in [-0.3, -0.25) is 38.7 Å². The number of rotatable bonds is 1. The van der Waals surface area contributed by atoms with Crippen LogP contribution in [0.15, 0.2) is 59.5 Å². The van der Waals surface area contributed by atoms with Crippen LogP contribution in [0.4, 0.5) is 0 Å². The number of imide groups is 2. The summed E-state index contributed by atoms with van der Waals surface area (Å²) < 4.78 is 55.1. The van der Waals surface area contributed by atoms with Crippen molar-refractivity contribution in [1.29, 1.82) is 0 Å². The zero-order valence-electron chi connectivity index (χ0n) is 18.6. The highest BCUT2D eigenvalue weighted by atomic mass is 32.2. The molecule has 0 bridgehead atoms. The summed E-state index contributed by atoms with van der Waals surface area (Å²) in [6, 6.07) is 13.7. The third-order valence-electron chi connectivity index (χ3n) is 4.07. The molecule has 4 rings (SSSR count). The molecule has 0 aromatic heterocycles. The van der Waals surface area contributed by atoms with Crippen molar-refractivity contribution in [1.82, 2.24) is 10.1 Å². The van der Waals surface area contributed by atoms with E-state index in [9.17, 15) is 36.0 Å². The lowest BCUT2D eigenvalue weighted by Gasteiger charge is -2.16. The lowest BCUT2D eigenvalue weighted by molar-refractivity contribution is -0.182. The third-order valence-corrected chi connectivity index (χ3v) is 4.94. The van der Waals surface area contributed by atoms with Crippen LogP contribution in [-0.4, -0.2) is 76.4 Å². The maximum absolute atomic E-state index is 11.1. The zero-order valence-corrected chi connectivity index (χ0v) is 20.2. The number of nitrogens with zero attached hydrogens (tertiary/aromatic N) is 2. The van der Waals surface area contributed by atoms with Crippen LogP contribution < -0.4 is 0 Å². The van der Waals surface area contributed by atoms with Gasteiger partial charge in [0.15, 0.2) is 0 Å². The van der Waals surface area contributed by atoms with E-state index in [0.717, 1.165) is 0 Å². The number of benzene rings is 2. The van der Waals surface area contributed by atoms with Gasteiger partial charge in [-0.1, -0.05) is 30.3 Å². The van der Waals surface area contributed by atoms with Crippen LogP contribution in [0.2, 0.25) is 0 Å². The van der Waals surface area contributed by atoms with Crippen molar-refractivity contribution in [3.63, 3.8) is 0 Å². The van der Waals surface area contributed by atoms with Gasteiger partial charge in [0.25, 0.3) is 43.9 Å². The first-order valence-electron chi connectivity index (χ1n) is 9.70. The number of fused-ring (bicyclic) bond motifs is 1. The second kappa shape index (κ2) is 13.0. The molecule has 36 heavy (non-hydrogen) atoms. The fourth-order valence-electron chi connectivity index (χ4n) is 2.51. The molecular weight excluding hydrogens is 524 g/mol. The van der Waals surface area contributed by atoms with Gasteiger partial charge in [0.05, 0.1) is 22.3 Å². The number of amides is 4. The van der Waals surface area contributed by atoms with Crippen molar-refractivity contribution in [3.8, 4) is 0 Å². The molecule has 4 N–H and O–H groups in total. The Morgan fingerprint density at radius 1 is 0.667 bits per heavy atom. The van der Waals surface area contributed by atoms with E-state index in [1.165, 1.54) is 24.3 Å². The lowest BCUT2D eigenvalue weighted by atomic mass is 10.1. The van der Waals surface area contributed by atoms with Crippen LogP contribution >= 0.6 is 0 Å². The molecular formula is C20H22N2O12S2. The van der Waals surface area contributed by atoms with Crippen molar-refractivity contribution in [2.45, 2.75) is 24.2 Å². The smallest absolute Gasteiger partial charge is 0.286 e. The summed E-state index contributed by atoms with van der Waals surface area (Å²) in [7, 11) is -7.67. The second-order valence-electron chi connectivity index (χ2n) is 6.94. The molecule has 2 aromatic rings. The summed E-state index contributed by atoms with van der Waals surface area (Å²) in [6.07, 6.45) is 1.84. The SMILES string of the molecule is CS(=O)(=O)O.O=C1CCCC(=O)N1O.O=C1c2ccccc2C(=O)N1O.O=S(=O)(O)c1ccccc1. The monoisotopic (exact) mass is 546 g/mol. The predicted molar refractivity (Wildman–Crippen MR) is 120 cm³/mol. The molecule has 2 heterocycles. The third kappa shape index (κ3) is 9.98. The summed E-state index contributed by atoms with van der Waals surface area (Å²) in [4.78, 5) is 43.0. The number of hydroxylamine groups is 4. The van der Waals surface area contributed by atoms with Gasteiger partial charge in [-0.15, -0.1) is 5.06 Å². The Hall–Kier alpha value is -3.54. The van der Waals surface area contributed by atoms with Gasteiger partial charge in [-0.2, -0.15) is 21.9 Å². The molecule has 2 aliphatic heterocycles. The first kappa shape index (κ1) is 30.5. The summed E-state index contributed by atoms with van der Waals surface area (Å²) in [5.74, 6) is -2.30. The minimum absolute atomic E-state index is 0.0741. The van der Waals surface area contributed by atoms with E-state index < -0.39 is 43.9 Å². The maximum Gasteiger partial charge on any atom is 0.294 e. The molecule has 1 saturated heterocycles. The normalized spacial score (nSPS) is 15.0. The Labute approximate surface area is 205 Å². The van der Waals surface area contributed by atoms with Crippen molar-refractivity contribution < 1.29 is 55.5 Å². The van der Waals surface area contributed by atoms with Crippen LogP contribution in [0.5, 0.6) is 0 Å². The van der Waals surface area contributed by atoms with E-state index in [1.807, 2.05) is 0 Å².